The lowest BCUT2D eigenvalue weighted by Gasteiger charge is -2.60. The number of carbonyl (C=O) groups is 5. The second-order valence-corrected chi connectivity index (χ2v) is 14.1. The lowest BCUT2D eigenvalue weighted by atomic mass is 9.45. The first-order chi connectivity index (χ1) is 21.7. The first kappa shape index (κ1) is 33.8. The van der Waals surface area contributed by atoms with Crippen LogP contribution in [0.15, 0.2) is 35.9 Å². The van der Waals surface area contributed by atoms with E-state index < -0.39 is 53.4 Å². The van der Waals surface area contributed by atoms with Gasteiger partial charge in [0, 0.05) is 24.7 Å². The van der Waals surface area contributed by atoms with E-state index in [0.29, 0.717) is 24.8 Å². The summed E-state index contributed by atoms with van der Waals surface area (Å²) in [6, 6.07) is 5.14. The first-order valence-electron chi connectivity index (χ1n) is 16.2. The Balaban J connectivity index is 1.16. The molecule has 3 saturated carbocycles. The van der Waals surface area contributed by atoms with Gasteiger partial charge >= 0.3 is 11.9 Å². The number of fused-ring (bicyclic) bond motifs is 5. The summed E-state index contributed by atoms with van der Waals surface area (Å²) >= 11 is 0. The number of nitrogens with one attached hydrogen (secondary N) is 1. The molecule has 5 rings (SSSR count). The zero-order valence-corrected chi connectivity index (χ0v) is 26.8. The minimum atomic E-state index is -1.78. The predicted molar refractivity (Wildman–Crippen MR) is 164 cm³/mol. The summed E-state index contributed by atoms with van der Waals surface area (Å²) in [5, 5.41) is 35.4. The first-order valence-corrected chi connectivity index (χ1v) is 16.2. The van der Waals surface area contributed by atoms with Crippen LogP contribution < -0.4 is 5.32 Å². The molecule has 11 nitrogen and oxygen atoms in total. The maximum Gasteiger partial charge on any atom is 0.328 e. The largest absolute Gasteiger partial charge is 0.508 e. The van der Waals surface area contributed by atoms with Gasteiger partial charge in [-0.25, -0.2) is 4.79 Å². The summed E-state index contributed by atoms with van der Waals surface area (Å²) in [7, 11) is 1.20. The van der Waals surface area contributed by atoms with Gasteiger partial charge in [0.25, 0.3) is 0 Å². The zero-order valence-electron chi connectivity index (χ0n) is 26.8. The molecule has 46 heavy (non-hydrogen) atoms. The Bertz CT molecular complexity index is 1420. The highest BCUT2D eigenvalue weighted by atomic mass is 16.5. The van der Waals surface area contributed by atoms with Crippen LogP contribution in [0.1, 0.15) is 77.2 Å². The Morgan fingerprint density at radius 1 is 1.04 bits per heavy atom. The van der Waals surface area contributed by atoms with Crippen LogP contribution in [-0.4, -0.2) is 76.2 Å². The third kappa shape index (κ3) is 6.11. The van der Waals surface area contributed by atoms with E-state index in [4.69, 9.17) is 9.47 Å². The molecule has 0 aliphatic heterocycles. The number of aliphatic hydroxyl groups is 2. The summed E-state index contributed by atoms with van der Waals surface area (Å²) in [5.74, 6) is -2.45. The van der Waals surface area contributed by atoms with Gasteiger partial charge in [-0.3, -0.25) is 19.2 Å². The van der Waals surface area contributed by atoms with Crippen LogP contribution in [0.2, 0.25) is 0 Å². The average Bonchev–Trinajstić information content (AvgIpc) is 3.29. The number of aromatic hydroxyl groups is 1. The number of phenolic OH excluding ortho intramolecular Hbond substituents is 1. The molecule has 8 atom stereocenters. The molecule has 4 aliphatic carbocycles. The number of hydrogen-bond donors (Lipinski definition) is 4. The van der Waals surface area contributed by atoms with E-state index in [-0.39, 0.29) is 66.8 Å². The molecule has 0 unspecified atom stereocenters. The van der Waals surface area contributed by atoms with Crippen LogP contribution in [0.25, 0.3) is 0 Å². The van der Waals surface area contributed by atoms with Crippen molar-refractivity contribution in [3.8, 4) is 5.75 Å². The van der Waals surface area contributed by atoms with E-state index in [2.05, 4.69) is 12.2 Å². The highest BCUT2D eigenvalue weighted by Gasteiger charge is 2.68. The quantitative estimate of drug-likeness (QED) is 0.279. The smallest absolute Gasteiger partial charge is 0.328 e. The fourth-order valence-corrected chi connectivity index (χ4v) is 9.17. The molecule has 4 aliphatic rings. The molecule has 3 fully saturated rings. The molecule has 1 amide bonds. The van der Waals surface area contributed by atoms with Crippen molar-refractivity contribution >= 4 is 29.4 Å². The van der Waals surface area contributed by atoms with Gasteiger partial charge in [0.2, 0.25) is 11.7 Å². The second-order valence-electron chi connectivity index (χ2n) is 14.1. The van der Waals surface area contributed by atoms with Crippen LogP contribution in [0.5, 0.6) is 5.75 Å². The molecular weight excluding hydrogens is 594 g/mol. The number of ketones is 2. The van der Waals surface area contributed by atoms with Crippen LogP contribution in [-0.2, 0) is 39.9 Å². The number of methoxy groups -OCH3 is 1. The van der Waals surface area contributed by atoms with Crippen molar-refractivity contribution in [2.75, 3.05) is 13.7 Å². The maximum absolute atomic E-state index is 13.5. The number of hydrogen-bond acceptors (Lipinski definition) is 10. The van der Waals surface area contributed by atoms with Gasteiger partial charge < -0.3 is 30.1 Å². The summed E-state index contributed by atoms with van der Waals surface area (Å²) in [4.78, 5) is 63.0. The summed E-state index contributed by atoms with van der Waals surface area (Å²) in [5.41, 5.74) is -1.18. The molecule has 0 radical (unpaired) electrons. The van der Waals surface area contributed by atoms with Gasteiger partial charge in [0.1, 0.15) is 17.4 Å². The Morgan fingerprint density at radius 3 is 2.46 bits per heavy atom. The zero-order chi connectivity index (χ0) is 33.4. The van der Waals surface area contributed by atoms with Crippen molar-refractivity contribution in [3.63, 3.8) is 0 Å². The van der Waals surface area contributed by atoms with E-state index >= 15 is 0 Å². The van der Waals surface area contributed by atoms with Gasteiger partial charge in [0.05, 0.1) is 19.6 Å². The average molecular weight is 640 g/mol. The number of carbonyl (C=O) groups excluding carboxylic acids is 5. The van der Waals surface area contributed by atoms with Gasteiger partial charge in [-0.15, -0.1) is 0 Å². The molecule has 0 saturated heterocycles. The fraction of sp³-hybridized carbons (Fsp3) is 0.629. The molecule has 1 aromatic carbocycles. The normalized spacial score (nSPS) is 33.8. The number of esters is 2. The Hall–Kier alpha value is -3.57. The SMILES string of the molecule is COC(=O)[C@H](Cc1ccc(O)cc1)NC(=O)CCC(=O)OCC(=O)[C@@]1(O)CC[C@@H]2[C@@H]3CCC4=CC(=O)CC[C@]4(C)[C@H]3[C@H](O)C[C@@]21C. The third-order valence-electron chi connectivity index (χ3n) is 11.6. The number of amides is 1. The number of allylic oxidation sites excluding steroid dienone is 1. The molecule has 4 N–H and O–H groups in total. The third-order valence-corrected chi connectivity index (χ3v) is 11.6. The number of ether oxygens (including phenoxy) is 2. The van der Waals surface area contributed by atoms with E-state index in [1.165, 1.54) is 19.2 Å². The highest BCUT2D eigenvalue weighted by Crippen LogP contribution is 2.67. The fourth-order valence-electron chi connectivity index (χ4n) is 9.17. The Morgan fingerprint density at radius 2 is 1.76 bits per heavy atom. The van der Waals surface area contributed by atoms with E-state index in [9.17, 15) is 39.3 Å². The van der Waals surface area contributed by atoms with Crippen molar-refractivity contribution in [1.82, 2.24) is 5.32 Å². The molecule has 0 spiro atoms. The minimum absolute atomic E-state index is 0.00502. The van der Waals surface area contributed by atoms with Gasteiger partial charge in [0.15, 0.2) is 12.4 Å². The van der Waals surface area contributed by atoms with Crippen molar-refractivity contribution in [1.29, 1.82) is 0 Å². The molecule has 0 bridgehead atoms. The molecule has 0 aromatic heterocycles. The predicted octanol–water partition coefficient (Wildman–Crippen LogP) is 2.72. The van der Waals surface area contributed by atoms with Gasteiger partial charge in [-0.2, -0.15) is 0 Å². The molecule has 250 valence electrons. The standard InChI is InChI=1S/C35H45NO10/c1-33-14-12-23(38)17-21(33)6-9-24-25-13-15-35(44,34(25,2)18-27(39)31(24)33)28(40)19-46-30(42)11-10-29(41)36-26(32(43)45-3)16-20-4-7-22(37)8-5-20/h4-5,7-8,17,24-27,31,37,39,44H,6,9-16,18-19H2,1-3H3,(H,36,41)/t24-,25+,26-,27+,31+,33-,34-,35-/m0/s1. The van der Waals surface area contributed by atoms with Crippen molar-refractivity contribution < 1.29 is 48.8 Å². The van der Waals surface area contributed by atoms with Crippen LogP contribution in [0.4, 0.5) is 0 Å². The van der Waals surface area contributed by atoms with Crippen molar-refractivity contribution in [2.45, 2.75) is 95.8 Å². The minimum Gasteiger partial charge on any atom is -0.508 e. The van der Waals surface area contributed by atoms with E-state index in [1.807, 2.05) is 6.92 Å². The summed E-state index contributed by atoms with van der Waals surface area (Å²) < 4.78 is 10.0. The second kappa shape index (κ2) is 12.9. The van der Waals surface area contributed by atoms with Crippen LogP contribution >= 0.6 is 0 Å². The van der Waals surface area contributed by atoms with Crippen LogP contribution in [0.3, 0.4) is 0 Å². The summed E-state index contributed by atoms with van der Waals surface area (Å²) in [6.45, 7) is 3.36. The monoisotopic (exact) mass is 639 g/mol. The Kier molecular flexibility index (Phi) is 9.48. The van der Waals surface area contributed by atoms with Crippen molar-refractivity contribution in [3.05, 3.63) is 41.5 Å². The molecular formula is C35H45NO10. The van der Waals surface area contributed by atoms with Gasteiger partial charge in [-0.1, -0.05) is 31.6 Å². The number of Topliss-reactive ketones (excluding diaryl/α,β-unsaturated/α-hetero) is 1. The van der Waals surface area contributed by atoms with Crippen LogP contribution in [0, 0.1) is 28.6 Å². The molecule has 11 heteroatoms. The molecule has 1 aromatic rings. The van der Waals surface area contributed by atoms with E-state index in [1.54, 1.807) is 18.2 Å². The number of phenols is 1. The van der Waals surface area contributed by atoms with Gasteiger partial charge in [-0.05, 0) is 85.5 Å². The lowest BCUT2D eigenvalue weighted by Crippen LogP contribution is -2.62. The number of rotatable bonds is 10. The topological polar surface area (TPSA) is 177 Å². The number of aliphatic hydroxyl groups excluding tert-OH is 1. The van der Waals surface area contributed by atoms with Crippen molar-refractivity contribution in [2.24, 2.45) is 28.6 Å². The highest BCUT2D eigenvalue weighted by molar-refractivity contribution is 5.92. The lowest BCUT2D eigenvalue weighted by molar-refractivity contribution is -0.184. The maximum atomic E-state index is 13.5. The Labute approximate surface area is 268 Å². The number of benzene rings is 1. The summed E-state index contributed by atoms with van der Waals surface area (Å²) in [6.07, 6.45) is 4.23. The van der Waals surface area contributed by atoms with E-state index in [0.717, 1.165) is 18.4 Å². The molecule has 0 heterocycles.